The fourth-order valence-corrected chi connectivity index (χ4v) is 1.75. The van der Waals surface area contributed by atoms with Crippen LogP contribution in [0.5, 0.6) is 0 Å². The van der Waals surface area contributed by atoms with Crippen LogP contribution in [0.2, 0.25) is 5.02 Å². The fourth-order valence-electron chi connectivity index (χ4n) is 0.792. The average molecular weight is 240 g/mol. The Morgan fingerprint density at radius 3 is 2.43 bits per heavy atom. The molecule has 0 fully saturated rings. The van der Waals surface area contributed by atoms with Gasteiger partial charge in [-0.05, 0) is 6.07 Å². The zero-order valence-electron chi connectivity index (χ0n) is 6.48. The zero-order valence-corrected chi connectivity index (χ0v) is 8.05. The molecule has 0 aliphatic rings. The van der Waals surface area contributed by atoms with Crippen LogP contribution in [0.4, 0.5) is 9.57 Å². The third-order valence-corrected chi connectivity index (χ3v) is 2.69. The van der Waals surface area contributed by atoms with Crippen LogP contribution < -0.4 is 0 Å². The van der Waals surface area contributed by atoms with E-state index >= 15 is 0 Å². The molecule has 0 radical (unpaired) electrons. The number of halogens is 2. The van der Waals surface area contributed by atoms with Gasteiger partial charge in [0, 0.05) is 12.1 Å². The lowest BCUT2D eigenvalue weighted by atomic mass is 10.3. The predicted molar refractivity (Wildman–Crippen MR) is 46.4 cm³/mol. The van der Waals surface area contributed by atoms with Crippen molar-refractivity contribution in [2.24, 2.45) is 0 Å². The molecule has 0 unspecified atom stereocenters. The van der Waals surface area contributed by atoms with E-state index < -0.39 is 30.8 Å². The standard InChI is InChI=1S/C6H3ClFNO4S/c7-5-2-1-4(9(10)11)3-6(5)14(8,12)13/h1-3H. The summed E-state index contributed by atoms with van der Waals surface area (Å²) in [5.41, 5.74) is -0.536. The quantitative estimate of drug-likeness (QED) is 0.449. The van der Waals surface area contributed by atoms with Gasteiger partial charge in [0.1, 0.15) is 4.90 Å². The van der Waals surface area contributed by atoms with Crippen molar-refractivity contribution >= 4 is 27.5 Å². The van der Waals surface area contributed by atoms with E-state index in [1.807, 2.05) is 0 Å². The second-order valence-corrected chi connectivity index (χ2v) is 4.03. The van der Waals surface area contributed by atoms with Gasteiger partial charge in [-0.2, -0.15) is 8.42 Å². The highest BCUT2D eigenvalue weighted by atomic mass is 35.5. The molecule has 0 saturated heterocycles. The van der Waals surface area contributed by atoms with Crippen molar-refractivity contribution < 1.29 is 17.2 Å². The van der Waals surface area contributed by atoms with E-state index in [2.05, 4.69) is 0 Å². The van der Waals surface area contributed by atoms with Crippen LogP contribution in [0.1, 0.15) is 0 Å². The fraction of sp³-hybridized carbons (Fsp3) is 0. The molecular formula is C6H3ClFNO4S. The summed E-state index contributed by atoms with van der Waals surface area (Å²) in [6, 6.07) is 2.50. The van der Waals surface area contributed by atoms with Crippen LogP contribution >= 0.6 is 11.6 Å². The van der Waals surface area contributed by atoms with E-state index in [0.29, 0.717) is 6.07 Å². The van der Waals surface area contributed by atoms with Gasteiger partial charge in [-0.1, -0.05) is 11.6 Å². The maximum absolute atomic E-state index is 12.5. The summed E-state index contributed by atoms with van der Waals surface area (Å²) < 4.78 is 33.4. The van der Waals surface area contributed by atoms with E-state index in [0.717, 1.165) is 12.1 Å². The van der Waals surface area contributed by atoms with Crippen molar-refractivity contribution in [2.75, 3.05) is 0 Å². The van der Waals surface area contributed by atoms with Crippen molar-refractivity contribution in [1.82, 2.24) is 0 Å². The lowest BCUT2D eigenvalue weighted by Crippen LogP contribution is -1.95. The molecule has 14 heavy (non-hydrogen) atoms. The molecule has 0 aliphatic heterocycles. The summed E-state index contributed by atoms with van der Waals surface area (Å²) in [7, 11) is -5.03. The van der Waals surface area contributed by atoms with Crippen LogP contribution in [0.3, 0.4) is 0 Å². The number of non-ortho nitro benzene ring substituents is 1. The highest BCUT2D eigenvalue weighted by Gasteiger charge is 2.20. The van der Waals surface area contributed by atoms with Gasteiger partial charge in [-0.25, -0.2) is 0 Å². The van der Waals surface area contributed by atoms with Gasteiger partial charge in [0.2, 0.25) is 0 Å². The number of nitro groups is 1. The van der Waals surface area contributed by atoms with Crippen molar-refractivity contribution in [1.29, 1.82) is 0 Å². The normalized spacial score (nSPS) is 11.3. The van der Waals surface area contributed by atoms with Crippen LogP contribution in [0, 0.1) is 10.1 Å². The van der Waals surface area contributed by atoms with E-state index in [1.165, 1.54) is 0 Å². The van der Waals surface area contributed by atoms with Gasteiger partial charge in [-0.15, -0.1) is 3.89 Å². The highest BCUT2D eigenvalue weighted by Crippen LogP contribution is 2.27. The largest absolute Gasteiger partial charge is 0.333 e. The molecule has 0 aromatic heterocycles. The number of rotatable bonds is 2. The van der Waals surface area contributed by atoms with E-state index in [-0.39, 0.29) is 0 Å². The lowest BCUT2D eigenvalue weighted by molar-refractivity contribution is -0.385. The van der Waals surface area contributed by atoms with Crippen LogP contribution in [-0.4, -0.2) is 13.3 Å². The van der Waals surface area contributed by atoms with Gasteiger partial charge in [0.05, 0.1) is 9.95 Å². The first-order valence-electron chi connectivity index (χ1n) is 3.21. The average Bonchev–Trinajstić information content (AvgIpc) is 2.02. The second kappa shape index (κ2) is 3.50. The summed E-state index contributed by atoms with van der Waals surface area (Å²) in [6.45, 7) is 0. The minimum atomic E-state index is -5.03. The molecule has 0 spiro atoms. The van der Waals surface area contributed by atoms with Gasteiger partial charge in [-0.3, -0.25) is 10.1 Å². The van der Waals surface area contributed by atoms with Crippen molar-refractivity contribution in [3.05, 3.63) is 33.3 Å². The molecule has 76 valence electrons. The molecule has 0 saturated carbocycles. The predicted octanol–water partition coefficient (Wildman–Crippen LogP) is 1.91. The molecule has 0 heterocycles. The summed E-state index contributed by atoms with van der Waals surface area (Å²) >= 11 is 5.34. The molecular weight excluding hydrogens is 237 g/mol. The van der Waals surface area contributed by atoms with Crippen molar-refractivity contribution in [2.45, 2.75) is 4.90 Å². The number of nitrogens with zero attached hydrogens (tertiary/aromatic N) is 1. The van der Waals surface area contributed by atoms with Gasteiger partial charge in [0.25, 0.3) is 5.69 Å². The third kappa shape index (κ3) is 2.18. The summed E-state index contributed by atoms with van der Waals surface area (Å²) in [6.07, 6.45) is 0. The second-order valence-electron chi connectivity index (χ2n) is 2.31. The molecule has 1 aromatic carbocycles. The number of hydrogen-bond donors (Lipinski definition) is 0. The van der Waals surface area contributed by atoms with Gasteiger partial charge < -0.3 is 0 Å². The first-order valence-corrected chi connectivity index (χ1v) is 4.97. The third-order valence-electron chi connectivity index (χ3n) is 1.39. The molecule has 0 atom stereocenters. The topological polar surface area (TPSA) is 77.3 Å². The highest BCUT2D eigenvalue weighted by molar-refractivity contribution is 7.86. The summed E-state index contributed by atoms with van der Waals surface area (Å²) in [5.74, 6) is 0. The minimum absolute atomic E-state index is 0.391. The molecule has 5 nitrogen and oxygen atoms in total. The van der Waals surface area contributed by atoms with Crippen LogP contribution in [0.25, 0.3) is 0 Å². The Labute approximate surface area is 83.5 Å². The van der Waals surface area contributed by atoms with Gasteiger partial charge in [0.15, 0.2) is 0 Å². The Balaban J connectivity index is 3.44. The Morgan fingerprint density at radius 2 is 2.00 bits per heavy atom. The molecule has 0 aliphatic carbocycles. The number of benzene rings is 1. The van der Waals surface area contributed by atoms with E-state index in [4.69, 9.17) is 11.6 Å². The number of hydrogen-bond acceptors (Lipinski definition) is 4. The maximum Gasteiger partial charge on any atom is 0.333 e. The Hall–Kier alpha value is -1.21. The van der Waals surface area contributed by atoms with Crippen LogP contribution in [-0.2, 0) is 10.2 Å². The molecule has 1 rings (SSSR count). The molecule has 0 N–H and O–H groups in total. The SMILES string of the molecule is O=[N+]([O-])c1ccc(Cl)c(S(=O)(=O)F)c1. The minimum Gasteiger partial charge on any atom is -0.258 e. The Bertz CT molecular complexity index is 487. The molecule has 1 aromatic rings. The van der Waals surface area contributed by atoms with E-state index in [9.17, 15) is 22.4 Å². The summed E-state index contributed by atoms with van der Waals surface area (Å²) in [5, 5.41) is 9.85. The van der Waals surface area contributed by atoms with Gasteiger partial charge >= 0.3 is 10.2 Å². The van der Waals surface area contributed by atoms with Crippen LogP contribution in [0.15, 0.2) is 23.1 Å². The van der Waals surface area contributed by atoms with Crippen molar-refractivity contribution in [3.63, 3.8) is 0 Å². The molecule has 0 amide bonds. The van der Waals surface area contributed by atoms with E-state index in [1.54, 1.807) is 0 Å². The zero-order chi connectivity index (χ0) is 10.9. The smallest absolute Gasteiger partial charge is 0.258 e. The molecule has 0 bridgehead atoms. The molecule has 8 heteroatoms. The first-order chi connectivity index (χ1) is 6.32. The monoisotopic (exact) mass is 239 g/mol. The van der Waals surface area contributed by atoms with Crippen molar-refractivity contribution in [3.8, 4) is 0 Å². The Morgan fingerprint density at radius 1 is 1.43 bits per heavy atom. The lowest BCUT2D eigenvalue weighted by Gasteiger charge is -1.97. The summed E-state index contributed by atoms with van der Waals surface area (Å²) in [4.78, 5) is 8.50. The Kier molecular flexibility index (Phi) is 2.72. The first kappa shape index (κ1) is 10.9. The number of nitro benzene ring substituents is 1. The maximum atomic E-state index is 12.5.